The van der Waals surface area contributed by atoms with E-state index in [4.69, 9.17) is 21.7 Å². The monoisotopic (exact) mass is 366 g/mol. The lowest BCUT2D eigenvalue weighted by molar-refractivity contribution is 0.377. The van der Waals surface area contributed by atoms with Crippen LogP contribution in [-0.4, -0.2) is 29.3 Å². The minimum atomic E-state index is 0.151. The number of hydrogen-bond acceptors (Lipinski definition) is 5. The second-order valence-corrected chi connectivity index (χ2v) is 6.21. The Hall–Kier alpha value is -2.92. The number of rotatable bonds is 6. The highest BCUT2D eigenvalue weighted by atomic mass is 35.5. The van der Waals surface area contributed by atoms with E-state index in [2.05, 4.69) is 15.3 Å². The summed E-state index contributed by atoms with van der Waals surface area (Å²) in [7, 11) is 1.79. The number of nitrogens with one attached hydrogen (secondary N) is 2. The summed E-state index contributed by atoms with van der Waals surface area (Å²) < 4.78 is 5.75. The molecule has 0 amide bonds. The lowest BCUT2D eigenvalue weighted by Gasteiger charge is -2.12. The predicted molar refractivity (Wildman–Crippen MR) is 106 cm³/mol. The molecule has 2 heterocycles. The highest BCUT2D eigenvalue weighted by Crippen LogP contribution is 2.21. The minimum Gasteiger partial charge on any atom is -0.487 e. The number of aromatic nitrogens is 2. The molecule has 6 heteroatoms. The van der Waals surface area contributed by atoms with Crippen LogP contribution < -0.4 is 10.1 Å². The van der Waals surface area contributed by atoms with Gasteiger partial charge < -0.3 is 15.5 Å². The van der Waals surface area contributed by atoms with Crippen molar-refractivity contribution in [3.8, 4) is 5.75 Å². The summed E-state index contributed by atoms with van der Waals surface area (Å²) in [5, 5.41) is 11.8. The van der Waals surface area contributed by atoms with Gasteiger partial charge in [-0.25, -0.2) is 4.98 Å². The smallest absolute Gasteiger partial charge is 0.130 e. The largest absolute Gasteiger partial charge is 0.487 e. The van der Waals surface area contributed by atoms with E-state index in [1.807, 2.05) is 43.3 Å². The maximum absolute atomic E-state index is 8.43. The van der Waals surface area contributed by atoms with Crippen molar-refractivity contribution >= 4 is 33.9 Å². The fourth-order valence-electron chi connectivity index (χ4n) is 2.56. The standard InChI is InChI=1S/C20H19ClN4O/c1-13-4-3-5-15(8-13)26-12-17(22)16(11-23-2)14-9-19-18(24-10-14)6-7-20(21)25-19/h3-11,22-23H,12H2,1-2H3/b16-11-,22-17?. The van der Waals surface area contributed by atoms with Crippen molar-refractivity contribution in [2.45, 2.75) is 6.92 Å². The normalized spacial score (nSPS) is 11.4. The van der Waals surface area contributed by atoms with E-state index in [9.17, 15) is 0 Å². The summed E-state index contributed by atoms with van der Waals surface area (Å²) in [6, 6.07) is 13.2. The van der Waals surface area contributed by atoms with Gasteiger partial charge in [0.25, 0.3) is 0 Å². The molecule has 0 radical (unpaired) electrons. The van der Waals surface area contributed by atoms with Crippen LogP contribution in [0.5, 0.6) is 5.75 Å². The number of halogens is 1. The van der Waals surface area contributed by atoms with Gasteiger partial charge in [-0.2, -0.15) is 0 Å². The molecule has 132 valence electrons. The van der Waals surface area contributed by atoms with Crippen LogP contribution in [0.2, 0.25) is 5.15 Å². The molecule has 2 aromatic heterocycles. The van der Waals surface area contributed by atoms with Crippen LogP contribution in [0.15, 0.2) is 54.9 Å². The Morgan fingerprint density at radius 3 is 2.85 bits per heavy atom. The van der Waals surface area contributed by atoms with Crippen molar-refractivity contribution in [3.63, 3.8) is 0 Å². The Balaban J connectivity index is 1.84. The fraction of sp³-hybridized carbons (Fsp3) is 0.150. The van der Waals surface area contributed by atoms with Crippen molar-refractivity contribution in [3.05, 3.63) is 71.1 Å². The Kier molecular flexibility index (Phi) is 5.49. The molecule has 0 aliphatic carbocycles. The van der Waals surface area contributed by atoms with Gasteiger partial charge in [0.2, 0.25) is 0 Å². The van der Waals surface area contributed by atoms with Crippen LogP contribution in [0.25, 0.3) is 16.6 Å². The lowest BCUT2D eigenvalue weighted by Crippen LogP contribution is -2.14. The number of hydrogen-bond donors (Lipinski definition) is 2. The van der Waals surface area contributed by atoms with Crippen LogP contribution >= 0.6 is 11.6 Å². The molecule has 2 N–H and O–H groups in total. The van der Waals surface area contributed by atoms with Gasteiger partial charge in [0.05, 0.1) is 16.7 Å². The molecule has 0 spiro atoms. The molecule has 0 saturated carbocycles. The number of pyridine rings is 2. The van der Waals surface area contributed by atoms with E-state index in [0.29, 0.717) is 22.0 Å². The number of ether oxygens (including phenoxy) is 1. The number of fused-ring (bicyclic) bond motifs is 1. The second kappa shape index (κ2) is 7.97. The van der Waals surface area contributed by atoms with Crippen LogP contribution in [-0.2, 0) is 0 Å². The van der Waals surface area contributed by atoms with Crippen molar-refractivity contribution in [1.29, 1.82) is 5.41 Å². The molecule has 0 aliphatic rings. The zero-order valence-corrected chi connectivity index (χ0v) is 15.3. The molecule has 3 aromatic rings. The Bertz CT molecular complexity index is 984. The average Bonchev–Trinajstić information content (AvgIpc) is 2.63. The van der Waals surface area contributed by atoms with Gasteiger partial charge in [-0.1, -0.05) is 23.7 Å². The van der Waals surface area contributed by atoms with Crippen molar-refractivity contribution in [2.24, 2.45) is 0 Å². The minimum absolute atomic E-state index is 0.151. The average molecular weight is 367 g/mol. The summed E-state index contributed by atoms with van der Waals surface area (Å²) in [5.41, 5.74) is 4.36. The van der Waals surface area contributed by atoms with Crippen molar-refractivity contribution in [1.82, 2.24) is 15.3 Å². The summed E-state index contributed by atoms with van der Waals surface area (Å²) in [6.45, 7) is 2.15. The summed E-state index contributed by atoms with van der Waals surface area (Å²) >= 11 is 5.98. The highest BCUT2D eigenvalue weighted by Gasteiger charge is 2.11. The first-order valence-corrected chi connectivity index (χ1v) is 8.52. The quantitative estimate of drug-likeness (QED) is 0.505. The van der Waals surface area contributed by atoms with E-state index in [1.165, 1.54) is 0 Å². The van der Waals surface area contributed by atoms with Gasteiger partial charge in [0.1, 0.15) is 17.5 Å². The topological polar surface area (TPSA) is 70.9 Å². The maximum atomic E-state index is 8.43. The third kappa shape index (κ3) is 4.18. The van der Waals surface area contributed by atoms with Crippen LogP contribution in [0, 0.1) is 12.3 Å². The summed E-state index contributed by atoms with van der Waals surface area (Å²) in [5.74, 6) is 0.739. The Labute approximate surface area is 157 Å². The van der Waals surface area contributed by atoms with E-state index < -0.39 is 0 Å². The molecular formula is C20H19ClN4O. The van der Waals surface area contributed by atoms with Crippen LogP contribution in [0.3, 0.4) is 0 Å². The molecule has 5 nitrogen and oxygen atoms in total. The Morgan fingerprint density at radius 1 is 1.23 bits per heavy atom. The maximum Gasteiger partial charge on any atom is 0.130 e. The first-order chi connectivity index (χ1) is 12.6. The van der Waals surface area contributed by atoms with E-state index in [0.717, 1.165) is 22.4 Å². The predicted octanol–water partition coefficient (Wildman–Crippen LogP) is 4.25. The van der Waals surface area contributed by atoms with E-state index >= 15 is 0 Å². The molecule has 26 heavy (non-hydrogen) atoms. The van der Waals surface area contributed by atoms with Crippen LogP contribution in [0.4, 0.5) is 0 Å². The number of aryl methyl sites for hydroxylation is 1. The molecular weight excluding hydrogens is 348 g/mol. The zero-order valence-electron chi connectivity index (χ0n) is 14.6. The number of benzene rings is 1. The SMILES string of the molecule is CN/C=C(\C(=N)COc1cccc(C)c1)c1cnc2ccc(Cl)nc2c1. The van der Waals surface area contributed by atoms with Crippen molar-refractivity contribution < 1.29 is 4.74 Å². The summed E-state index contributed by atoms with van der Waals surface area (Å²) in [6.07, 6.45) is 3.48. The first kappa shape index (κ1) is 17.9. The molecule has 0 fully saturated rings. The van der Waals surface area contributed by atoms with Gasteiger partial charge in [0.15, 0.2) is 0 Å². The van der Waals surface area contributed by atoms with Gasteiger partial charge in [-0.3, -0.25) is 4.98 Å². The van der Waals surface area contributed by atoms with E-state index in [1.54, 1.807) is 25.5 Å². The molecule has 3 rings (SSSR count). The molecule has 0 aliphatic heterocycles. The highest BCUT2D eigenvalue weighted by molar-refractivity contribution is 6.29. The van der Waals surface area contributed by atoms with Crippen LogP contribution in [0.1, 0.15) is 11.1 Å². The van der Waals surface area contributed by atoms with E-state index in [-0.39, 0.29) is 6.61 Å². The molecule has 0 atom stereocenters. The van der Waals surface area contributed by atoms with Crippen molar-refractivity contribution in [2.75, 3.05) is 13.7 Å². The fourth-order valence-corrected chi connectivity index (χ4v) is 2.71. The lowest BCUT2D eigenvalue weighted by atomic mass is 10.0. The first-order valence-electron chi connectivity index (χ1n) is 8.14. The molecule has 0 saturated heterocycles. The van der Waals surface area contributed by atoms with Gasteiger partial charge >= 0.3 is 0 Å². The zero-order chi connectivity index (χ0) is 18.5. The molecule has 0 bridgehead atoms. The second-order valence-electron chi connectivity index (χ2n) is 5.83. The third-order valence-electron chi connectivity index (χ3n) is 3.80. The summed E-state index contributed by atoms with van der Waals surface area (Å²) in [4.78, 5) is 8.71. The molecule has 0 unspecified atom stereocenters. The van der Waals surface area contributed by atoms with Gasteiger partial charge in [-0.05, 0) is 42.8 Å². The molecule has 1 aromatic carbocycles. The number of nitrogens with zero attached hydrogens (tertiary/aromatic N) is 2. The third-order valence-corrected chi connectivity index (χ3v) is 4.01. The van der Waals surface area contributed by atoms with Gasteiger partial charge in [0, 0.05) is 30.6 Å². The Morgan fingerprint density at radius 2 is 2.08 bits per heavy atom. The van der Waals surface area contributed by atoms with Gasteiger partial charge in [-0.15, -0.1) is 0 Å².